The van der Waals surface area contributed by atoms with Crippen molar-refractivity contribution in [1.29, 1.82) is 0 Å². The van der Waals surface area contributed by atoms with Crippen LogP contribution in [0.4, 0.5) is 0 Å². The van der Waals surface area contributed by atoms with Crippen LogP contribution in [0.3, 0.4) is 0 Å². The third-order valence-corrected chi connectivity index (χ3v) is 4.66. The lowest BCUT2D eigenvalue weighted by molar-refractivity contribution is -0.157. The SMILES string of the molecule is Cc1ccc(C(O)C2CCOC3(CCC3)C2)cc1. The van der Waals surface area contributed by atoms with Gasteiger partial charge < -0.3 is 9.84 Å². The molecule has 0 amide bonds. The summed E-state index contributed by atoms with van der Waals surface area (Å²) in [7, 11) is 0. The first kappa shape index (κ1) is 12.2. The largest absolute Gasteiger partial charge is 0.388 e. The maximum absolute atomic E-state index is 10.5. The van der Waals surface area contributed by atoms with E-state index < -0.39 is 0 Å². The van der Waals surface area contributed by atoms with Gasteiger partial charge in [0.15, 0.2) is 0 Å². The number of aliphatic hydroxyl groups is 1. The number of aryl methyl sites for hydroxylation is 1. The Balaban J connectivity index is 1.71. The fourth-order valence-electron chi connectivity index (χ4n) is 3.29. The summed E-state index contributed by atoms with van der Waals surface area (Å²) >= 11 is 0. The van der Waals surface area contributed by atoms with E-state index in [1.54, 1.807) is 0 Å². The standard InChI is InChI=1S/C16H22O2/c1-12-3-5-13(6-4-12)15(17)14-7-10-18-16(11-14)8-2-9-16/h3-6,14-15,17H,2,7-11H2,1H3. The van der Waals surface area contributed by atoms with Crippen LogP contribution in [0.15, 0.2) is 24.3 Å². The number of hydrogen-bond acceptors (Lipinski definition) is 2. The van der Waals surface area contributed by atoms with Gasteiger partial charge in [-0.05, 0) is 50.5 Å². The average Bonchev–Trinajstić information content (AvgIpc) is 2.37. The molecule has 1 heterocycles. The summed E-state index contributed by atoms with van der Waals surface area (Å²) in [6.45, 7) is 2.89. The zero-order valence-corrected chi connectivity index (χ0v) is 11.1. The van der Waals surface area contributed by atoms with Crippen LogP contribution in [0.5, 0.6) is 0 Å². The van der Waals surface area contributed by atoms with Crippen molar-refractivity contribution in [3.05, 3.63) is 35.4 Å². The highest BCUT2D eigenvalue weighted by Gasteiger charge is 2.44. The van der Waals surface area contributed by atoms with Crippen LogP contribution in [-0.2, 0) is 4.74 Å². The summed E-state index contributed by atoms with van der Waals surface area (Å²) in [6.07, 6.45) is 5.34. The first-order valence-corrected chi connectivity index (χ1v) is 7.07. The van der Waals surface area contributed by atoms with Gasteiger partial charge in [-0.15, -0.1) is 0 Å². The maximum Gasteiger partial charge on any atom is 0.0820 e. The van der Waals surface area contributed by atoms with E-state index >= 15 is 0 Å². The number of aliphatic hydroxyl groups excluding tert-OH is 1. The molecule has 3 rings (SSSR count). The Morgan fingerprint density at radius 3 is 2.61 bits per heavy atom. The monoisotopic (exact) mass is 246 g/mol. The third kappa shape index (κ3) is 2.19. The van der Waals surface area contributed by atoms with Gasteiger partial charge in [0.25, 0.3) is 0 Å². The van der Waals surface area contributed by atoms with Crippen molar-refractivity contribution in [1.82, 2.24) is 0 Å². The molecule has 2 unspecified atom stereocenters. The van der Waals surface area contributed by atoms with Crippen molar-refractivity contribution < 1.29 is 9.84 Å². The van der Waals surface area contributed by atoms with Crippen LogP contribution in [0, 0.1) is 12.8 Å². The van der Waals surface area contributed by atoms with E-state index in [0.29, 0.717) is 5.92 Å². The van der Waals surface area contributed by atoms with Gasteiger partial charge in [-0.2, -0.15) is 0 Å². The average molecular weight is 246 g/mol. The van der Waals surface area contributed by atoms with Crippen molar-refractivity contribution in [2.45, 2.75) is 50.7 Å². The fraction of sp³-hybridized carbons (Fsp3) is 0.625. The van der Waals surface area contributed by atoms with E-state index in [0.717, 1.165) is 25.0 Å². The minimum atomic E-state index is -0.327. The van der Waals surface area contributed by atoms with Gasteiger partial charge in [0.1, 0.15) is 0 Å². The van der Waals surface area contributed by atoms with Gasteiger partial charge in [0.05, 0.1) is 11.7 Å². The number of benzene rings is 1. The van der Waals surface area contributed by atoms with Crippen molar-refractivity contribution in [3.8, 4) is 0 Å². The van der Waals surface area contributed by atoms with Crippen LogP contribution in [0.25, 0.3) is 0 Å². The Labute approximate surface area is 109 Å². The van der Waals surface area contributed by atoms with Crippen molar-refractivity contribution >= 4 is 0 Å². The topological polar surface area (TPSA) is 29.5 Å². The maximum atomic E-state index is 10.5. The fourth-order valence-corrected chi connectivity index (χ4v) is 3.29. The normalized spacial score (nSPS) is 27.8. The van der Waals surface area contributed by atoms with Crippen LogP contribution < -0.4 is 0 Å². The van der Waals surface area contributed by atoms with E-state index in [9.17, 15) is 5.11 Å². The molecule has 1 spiro atoms. The zero-order valence-electron chi connectivity index (χ0n) is 11.1. The number of hydrogen-bond donors (Lipinski definition) is 1. The van der Waals surface area contributed by atoms with Crippen LogP contribution in [0.1, 0.15) is 49.3 Å². The molecule has 1 saturated heterocycles. The highest BCUT2D eigenvalue weighted by Crippen LogP contribution is 2.47. The summed E-state index contributed by atoms with van der Waals surface area (Å²) in [4.78, 5) is 0. The number of rotatable bonds is 2. The molecule has 2 nitrogen and oxygen atoms in total. The van der Waals surface area contributed by atoms with Crippen molar-refractivity contribution in [2.75, 3.05) is 6.61 Å². The molecule has 2 heteroatoms. The second-order valence-electron chi connectivity index (χ2n) is 5.99. The Morgan fingerprint density at radius 1 is 1.28 bits per heavy atom. The molecule has 1 saturated carbocycles. The summed E-state index contributed by atoms with van der Waals surface area (Å²) in [5.74, 6) is 0.363. The first-order valence-electron chi connectivity index (χ1n) is 7.07. The van der Waals surface area contributed by atoms with Crippen molar-refractivity contribution in [2.24, 2.45) is 5.92 Å². The molecular weight excluding hydrogens is 224 g/mol. The lowest BCUT2D eigenvalue weighted by Crippen LogP contribution is -2.46. The molecule has 1 aliphatic carbocycles. The summed E-state index contributed by atoms with van der Waals surface area (Å²) in [5.41, 5.74) is 2.42. The van der Waals surface area contributed by atoms with E-state index in [1.807, 2.05) is 0 Å². The summed E-state index contributed by atoms with van der Waals surface area (Å²) < 4.78 is 5.93. The summed E-state index contributed by atoms with van der Waals surface area (Å²) in [5, 5.41) is 10.5. The van der Waals surface area contributed by atoms with E-state index in [-0.39, 0.29) is 11.7 Å². The summed E-state index contributed by atoms with van der Waals surface area (Å²) in [6, 6.07) is 8.28. The molecule has 1 N–H and O–H groups in total. The molecule has 0 aromatic heterocycles. The molecule has 1 aliphatic heterocycles. The van der Waals surface area contributed by atoms with Gasteiger partial charge in [0.2, 0.25) is 0 Å². The number of ether oxygens (including phenoxy) is 1. The molecule has 98 valence electrons. The van der Waals surface area contributed by atoms with Gasteiger partial charge in [-0.1, -0.05) is 29.8 Å². The molecule has 2 aliphatic rings. The molecule has 0 radical (unpaired) electrons. The zero-order chi connectivity index (χ0) is 12.6. The highest BCUT2D eigenvalue weighted by molar-refractivity contribution is 5.23. The van der Waals surface area contributed by atoms with Crippen LogP contribution >= 0.6 is 0 Å². The van der Waals surface area contributed by atoms with Gasteiger partial charge >= 0.3 is 0 Å². The van der Waals surface area contributed by atoms with Crippen molar-refractivity contribution in [3.63, 3.8) is 0 Å². The van der Waals surface area contributed by atoms with E-state index in [1.165, 1.54) is 24.8 Å². The smallest absolute Gasteiger partial charge is 0.0820 e. The van der Waals surface area contributed by atoms with E-state index in [4.69, 9.17) is 4.74 Å². The predicted molar refractivity (Wildman–Crippen MR) is 71.4 cm³/mol. The molecule has 2 fully saturated rings. The van der Waals surface area contributed by atoms with Gasteiger partial charge in [-0.25, -0.2) is 0 Å². The molecular formula is C16H22O2. The first-order chi connectivity index (χ1) is 8.69. The second-order valence-corrected chi connectivity index (χ2v) is 5.99. The second kappa shape index (κ2) is 4.67. The lowest BCUT2D eigenvalue weighted by Gasteiger charge is -2.48. The van der Waals surface area contributed by atoms with Crippen LogP contribution in [-0.4, -0.2) is 17.3 Å². The van der Waals surface area contributed by atoms with E-state index in [2.05, 4.69) is 31.2 Å². The Kier molecular flexibility index (Phi) is 3.16. The lowest BCUT2D eigenvalue weighted by atomic mass is 9.70. The third-order valence-electron chi connectivity index (χ3n) is 4.66. The quantitative estimate of drug-likeness (QED) is 0.867. The molecule has 1 aromatic rings. The van der Waals surface area contributed by atoms with Crippen LogP contribution in [0.2, 0.25) is 0 Å². The minimum absolute atomic E-state index is 0.120. The molecule has 2 atom stereocenters. The molecule has 0 bridgehead atoms. The van der Waals surface area contributed by atoms with Gasteiger partial charge in [-0.3, -0.25) is 0 Å². The minimum Gasteiger partial charge on any atom is -0.388 e. The highest BCUT2D eigenvalue weighted by atomic mass is 16.5. The molecule has 18 heavy (non-hydrogen) atoms. The Morgan fingerprint density at radius 2 is 2.00 bits per heavy atom. The Bertz CT molecular complexity index is 406. The molecule has 1 aromatic carbocycles. The van der Waals surface area contributed by atoms with Gasteiger partial charge in [0, 0.05) is 6.61 Å². The predicted octanol–water partition coefficient (Wildman–Crippen LogP) is 3.38. The Hall–Kier alpha value is -0.860.